The van der Waals surface area contributed by atoms with Crippen LogP contribution in [0.1, 0.15) is 48.4 Å². The summed E-state index contributed by atoms with van der Waals surface area (Å²) in [5.74, 6) is 0.270. The molecule has 1 amide bonds. The maximum absolute atomic E-state index is 12.8. The summed E-state index contributed by atoms with van der Waals surface area (Å²) in [6.07, 6.45) is 4.21. The number of carbonyl (C=O) groups excluding carboxylic acids is 1. The summed E-state index contributed by atoms with van der Waals surface area (Å²) in [5, 5.41) is 6.81. The Bertz CT molecular complexity index is 887. The number of hydrogen-bond acceptors (Lipinski definition) is 5. The average Bonchev–Trinajstić information content (AvgIpc) is 3.08. The first-order valence-electron chi connectivity index (χ1n) is 8.64. The van der Waals surface area contributed by atoms with Crippen molar-refractivity contribution in [1.82, 2.24) is 24.4 Å². The van der Waals surface area contributed by atoms with E-state index >= 15 is 0 Å². The van der Waals surface area contributed by atoms with Crippen molar-refractivity contribution in [2.75, 3.05) is 13.1 Å². The monoisotopic (exact) mass is 377 g/mol. The van der Waals surface area contributed by atoms with Crippen LogP contribution in [0, 0.1) is 0 Å². The molecule has 0 saturated carbocycles. The molecule has 2 heterocycles. The molecule has 1 atom stereocenters. The molecule has 1 aromatic heterocycles. The number of nitrogens with one attached hydrogen (secondary N) is 1. The molecule has 1 aliphatic rings. The van der Waals surface area contributed by atoms with Crippen LogP contribution >= 0.6 is 0 Å². The minimum atomic E-state index is -3.57. The number of benzene rings is 1. The average molecular weight is 377 g/mol. The molecule has 1 saturated heterocycles. The quantitative estimate of drug-likeness (QED) is 0.851. The molecule has 0 aliphatic carbocycles. The van der Waals surface area contributed by atoms with Gasteiger partial charge in [-0.2, -0.15) is 9.40 Å². The molecular weight excluding hydrogens is 354 g/mol. The predicted octanol–water partition coefficient (Wildman–Crippen LogP) is 1.48. The van der Waals surface area contributed by atoms with E-state index in [2.05, 4.69) is 15.4 Å². The van der Waals surface area contributed by atoms with Gasteiger partial charge in [-0.1, -0.05) is 12.5 Å². The first-order valence-corrected chi connectivity index (χ1v) is 10.1. The third-order valence-corrected chi connectivity index (χ3v) is 6.42. The highest BCUT2D eigenvalue weighted by molar-refractivity contribution is 7.89. The molecular formula is C17H23N5O3S. The van der Waals surface area contributed by atoms with Crippen LogP contribution in [0.3, 0.4) is 0 Å². The Labute approximate surface area is 153 Å². The number of nitrogens with zero attached hydrogens (tertiary/aromatic N) is 4. The van der Waals surface area contributed by atoms with Crippen molar-refractivity contribution in [3.63, 3.8) is 0 Å². The number of carbonyl (C=O) groups is 1. The van der Waals surface area contributed by atoms with Crippen molar-refractivity contribution in [3.8, 4) is 0 Å². The second kappa shape index (κ2) is 7.55. The van der Waals surface area contributed by atoms with E-state index < -0.39 is 10.0 Å². The van der Waals surface area contributed by atoms with E-state index in [9.17, 15) is 13.2 Å². The van der Waals surface area contributed by atoms with E-state index in [1.54, 1.807) is 30.8 Å². The fraction of sp³-hybridized carbons (Fsp3) is 0.471. The van der Waals surface area contributed by atoms with Crippen molar-refractivity contribution in [2.24, 2.45) is 7.05 Å². The first-order chi connectivity index (χ1) is 12.4. The second-order valence-electron chi connectivity index (χ2n) is 6.43. The molecule has 0 radical (unpaired) electrons. The maximum Gasteiger partial charge on any atom is 0.251 e. The van der Waals surface area contributed by atoms with E-state index in [-0.39, 0.29) is 16.8 Å². The molecule has 3 rings (SSSR count). The molecule has 0 spiro atoms. The van der Waals surface area contributed by atoms with Crippen molar-refractivity contribution >= 4 is 15.9 Å². The highest BCUT2D eigenvalue weighted by Crippen LogP contribution is 2.21. The normalized spacial score (nSPS) is 17.0. The van der Waals surface area contributed by atoms with Crippen molar-refractivity contribution in [3.05, 3.63) is 42.0 Å². The molecule has 1 fully saturated rings. The molecule has 0 bridgehead atoms. The summed E-state index contributed by atoms with van der Waals surface area (Å²) in [5.41, 5.74) is 0.303. The van der Waals surface area contributed by atoms with Gasteiger partial charge in [0.2, 0.25) is 10.0 Å². The molecule has 9 heteroatoms. The highest BCUT2D eigenvalue weighted by atomic mass is 32.2. The summed E-state index contributed by atoms with van der Waals surface area (Å²) in [7, 11) is -1.82. The van der Waals surface area contributed by atoms with Crippen molar-refractivity contribution < 1.29 is 13.2 Å². The number of hydrogen-bond donors (Lipinski definition) is 1. The smallest absolute Gasteiger partial charge is 0.251 e. The molecule has 26 heavy (non-hydrogen) atoms. The Balaban J connectivity index is 1.78. The number of rotatable bonds is 5. The third kappa shape index (κ3) is 3.78. The number of aryl methyl sites for hydroxylation is 1. The van der Waals surface area contributed by atoms with Gasteiger partial charge in [-0.3, -0.25) is 9.48 Å². The van der Waals surface area contributed by atoms with Gasteiger partial charge in [0.05, 0.1) is 10.9 Å². The van der Waals surface area contributed by atoms with E-state index in [0.717, 1.165) is 19.3 Å². The number of piperidine rings is 1. The van der Waals surface area contributed by atoms with Gasteiger partial charge in [0, 0.05) is 25.7 Å². The lowest BCUT2D eigenvalue weighted by Gasteiger charge is -2.26. The van der Waals surface area contributed by atoms with Crippen LogP contribution in [0.15, 0.2) is 35.5 Å². The van der Waals surface area contributed by atoms with Gasteiger partial charge in [0.1, 0.15) is 12.2 Å². The third-order valence-electron chi connectivity index (χ3n) is 4.53. The van der Waals surface area contributed by atoms with Crippen molar-refractivity contribution in [1.29, 1.82) is 0 Å². The Morgan fingerprint density at radius 2 is 1.96 bits per heavy atom. The number of sulfonamides is 1. The molecule has 1 unspecified atom stereocenters. The minimum absolute atomic E-state index is 0.151. The zero-order chi connectivity index (χ0) is 18.7. The van der Waals surface area contributed by atoms with E-state index in [1.807, 2.05) is 0 Å². The zero-order valence-corrected chi connectivity index (χ0v) is 15.7. The van der Waals surface area contributed by atoms with Gasteiger partial charge in [-0.25, -0.2) is 13.4 Å². The fourth-order valence-corrected chi connectivity index (χ4v) is 4.66. The fourth-order valence-electron chi connectivity index (χ4n) is 3.09. The van der Waals surface area contributed by atoms with Gasteiger partial charge in [-0.05, 0) is 38.0 Å². The Morgan fingerprint density at radius 3 is 2.62 bits per heavy atom. The lowest BCUT2D eigenvalue weighted by atomic mass is 10.2. The molecule has 1 aromatic carbocycles. The van der Waals surface area contributed by atoms with Crippen molar-refractivity contribution in [2.45, 2.75) is 37.1 Å². The highest BCUT2D eigenvalue weighted by Gasteiger charge is 2.26. The first kappa shape index (κ1) is 18.5. The second-order valence-corrected chi connectivity index (χ2v) is 8.37. The van der Waals surface area contributed by atoms with Gasteiger partial charge in [-0.15, -0.1) is 0 Å². The summed E-state index contributed by atoms with van der Waals surface area (Å²) >= 11 is 0. The predicted molar refractivity (Wildman–Crippen MR) is 95.9 cm³/mol. The number of aromatic nitrogens is 3. The molecule has 140 valence electrons. The van der Waals surface area contributed by atoms with Gasteiger partial charge in [0.25, 0.3) is 5.91 Å². The van der Waals surface area contributed by atoms with Crippen LogP contribution < -0.4 is 5.32 Å². The van der Waals surface area contributed by atoms with Gasteiger partial charge in [0.15, 0.2) is 0 Å². The maximum atomic E-state index is 12.8. The van der Waals surface area contributed by atoms with Crippen LogP contribution in [-0.4, -0.2) is 46.5 Å². The molecule has 8 nitrogen and oxygen atoms in total. The van der Waals surface area contributed by atoms with Crippen LogP contribution in [-0.2, 0) is 17.1 Å². The Hall–Kier alpha value is -2.26. The summed E-state index contributed by atoms with van der Waals surface area (Å²) in [6.45, 7) is 2.86. The lowest BCUT2D eigenvalue weighted by molar-refractivity contribution is 0.0937. The summed E-state index contributed by atoms with van der Waals surface area (Å²) < 4.78 is 28.7. The topological polar surface area (TPSA) is 97.2 Å². The van der Waals surface area contributed by atoms with Gasteiger partial charge < -0.3 is 5.32 Å². The summed E-state index contributed by atoms with van der Waals surface area (Å²) in [6, 6.07) is 5.82. The Kier molecular flexibility index (Phi) is 5.38. The molecule has 1 N–H and O–H groups in total. The largest absolute Gasteiger partial charge is 0.342 e. The minimum Gasteiger partial charge on any atom is -0.342 e. The standard InChI is InChI=1S/C17H23N5O3S/c1-13(16-18-12-19-21(16)2)20-17(23)14-7-6-8-15(11-14)26(24,25)22-9-4-3-5-10-22/h6-8,11-13H,3-5,9-10H2,1-2H3,(H,20,23). The SMILES string of the molecule is CC(NC(=O)c1cccc(S(=O)(=O)N2CCCCC2)c1)c1ncnn1C. The Morgan fingerprint density at radius 1 is 1.23 bits per heavy atom. The van der Waals surface area contributed by atoms with Crippen LogP contribution in [0.4, 0.5) is 0 Å². The van der Waals surface area contributed by atoms with E-state index in [1.165, 1.54) is 22.8 Å². The van der Waals surface area contributed by atoms with Crippen LogP contribution in [0.2, 0.25) is 0 Å². The summed E-state index contributed by atoms with van der Waals surface area (Å²) in [4.78, 5) is 16.8. The molecule has 2 aromatic rings. The van der Waals surface area contributed by atoms with Gasteiger partial charge >= 0.3 is 0 Å². The van der Waals surface area contributed by atoms with E-state index in [4.69, 9.17) is 0 Å². The van der Waals surface area contributed by atoms with E-state index in [0.29, 0.717) is 24.5 Å². The lowest BCUT2D eigenvalue weighted by Crippen LogP contribution is -2.35. The van der Waals surface area contributed by atoms with Crippen LogP contribution in [0.25, 0.3) is 0 Å². The molecule has 1 aliphatic heterocycles. The number of amides is 1. The zero-order valence-electron chi connectivity index (χ0n) is 14.9. The van der Waals surface area contributed by atoms with Crippen LogP contribution in [0.5, 0.6) is 0 Å².